The molecule has 0 fully saturated rings. The van der Waals surface area contributed by atoms with Crippen LogP contribution >= 0.6 is 27.5 Å². The number of alkyl halides is 2. The van der Waals surface area contributed by atoms with Gasteiger partial charge in [-0.25, -0.2) is 18.2 Å². The average Bonchev–Trinajstić information content (AvgIpc) is 3.17. The van der Waals surface area contributed by atoms with Crippen molar-refractivity contribution in [2.45, 2.75) is 18.8 Å². The van der Waals surface area contributed by atoms with Gasteiger partial charge in [0.25, 0.3) is 11.8 Å². The minimum atomic E-state index is -3.29. The van der Waals surface area contributed by atoms with Gasteiger partial charge in [-0.1, -0.05) is 11.6 Å². The molecule has 2 aromatic carbocycles. The largest absolute Gasteiger partial charge is 0.396 e. The van der Waals surface area contributed by atoms with Crippen molar-refractivity contribution in [3.05, 3.63) is 69.0 Å². The number of imidazole rings is 1. The fourth-order valence-electron chi connectivity index (χ4n) is 2.76. The molecule has 10 heteroatoms. The monoisotopic (exact) mass is 501 g/mol. The van der Waals surface area contributed by atoms with Crippen molar-refractivity contribution < 1.29 is 23.1 Å². The number of aromatic nitrogens is 2. The second-order valence-corrected chi connectivity index (χ2v) is 7.72. The number of halogens is 5. The number of carbonyl (C=O) groups is 1. The fourth-order valence-corrected chi connectivity index (χ4v) is 3.39. The zero-order valence-electron chi connectivity index (χ0n) is 15.4. The van der Waals surface area contributed by atoms with E-state index in [1.54, 1.807) is 12.1 Å². The highest BCUT2D eigenvalue weighted by molar-refractivity contribution is 9.10. The Morgan fingerprint density at radius 2 is 2.03 bits per heavy atom. The molecule has 0 saturated heterocycles. The van der Waals surface area contributed by atoms with Crippen LogP contribution in [0.3, 0.4) is 0 Å². The van der Waals surface area contributed by atoms with Crippen LogP contribution < -0.4 is 5.32 Å². The van der Waals surface area contributed by atoms with Gasteiger partial charge < -0.3 is 10.1 Å². The zero-order chi connectivity index (χ0) is 21.9. The Hall–Kier alpha value is -2.36. The van der Waals surface area contributed by atoms with Crippen molar-refractivity contribution in [3.63, 3.8) is 0 Å². The Balaban J connectivity index is 1.79. The molecular weight excluding hydrogens is 487 g/mol. The molecule has 0 unspecified atom stereocenters. The maximum Gasteiger partial charge on any atom is 0.274 e. The summed E-state index contributed by atoms with van der Waals surface area (Å²) >= 11 is 9.00. The topological polar surface area (TPSA) is 78.0 Å². The van der Waals surface area contributed by atoms with Crippen LogP contribution in [-0.4, -0.2) is 27.6 Å². The number of benzene rings is 2. The third kappa shape index (κ3) is 5.03. The Morgan fingerprint density at radius 1 is 1.27 bits per heavy atom. The van der Waals surface area contributed by atoms with Gasteiger partial charge in [0.05, 0.1) is 16.4 Å². The zero-order valence-corrected chi connectivity index (χ0v) is 17.7. The van der Waals surface area contributed by atoms with Crippen LogP contribution in [0.1, 0.15) is 28.8 Å². The number of aliphatic hydroxyl groups excluding tert-OH is 1. The van der Waals surface area contributed by atoms with Crippen molar-refractivity contribution in [2.24, 2.45) is 0 Å². The number of nitrogens with zero attached hydrogens (tertiary/aromatic N) is 1. The molecule has 1 aromatic heterocycles. The third-order valence-electron chi connectivity index (χ3n) is 4.31. The lowest BCUT2D eigenvalue weighted by Crippen LogP contribution is -2.18. The summed E-state index contributed by atoms with van der Waals surface area (Å²) in [6, 6.07) is 7.95. The Morgan fingerprint density at radius 3 is 2.73 bits per heavy atom. The van der Waals surface area contributed by atoms with E-state index in [9.17, 15) is 18.0 Å². The summed E-state index contributed by atoms with van der Waals surface area (Å²) in [6.07, 6.45) is 0.753. The number of hydrogen-bond donors (Lipinski definition) is 3. The number of H-pyrrole nitrogens is 1. The lowest BCUT2D eigenvalue weighted by molar-refractivity contribution is -0.0187. The van der Waals surface area contributed by atoms with Crippen LogP contribution in [0.4, 0.5) is 19.1 Å². The minimum Gasteiger partial charge on any atom is -0.396 e. The first-order valence-corrected chi connectivity index (χ1v) is 9.99. The van der Waals surface area contributed by atoms with Gasteiger partial charge in [-0.05, 0) is 58.7 Å². The number of aromatic amines is 1. The number of rotatable bonds is 7. The van der Waals surface area contributed by atoms with Crippen molar-refractivity contribution in [3.8, 4) is 11.3 Å². The van der Waals surface area contributed by atoms with Crippen molar-refractivity contribution >= 4 is 39.4 Å². The molecule has 3 N–H and O–H groups in total. The van der Waals surface area contributed by atoms with E-state index in [1.165, 1.54) is 24.4 Å². The van der Waals surface area contributed by atoms with Crippen molar-refractivity contribution in [2.75, 3.05) is 11.9 Å². The van der Waals surface area contributed by atoms with E-state index in [0.717, 1.165) is 6.07 Å². The molecule has 3 rings (SSSR count). The highest BCUT2D eigenvalue weighted by Crippen LogP contribution is 2.37. The van der Waals surface area contributed by atoms with Crippen molar-refractivity contribution in [1.29, 1.82) is 0 Å². The Kier molecular flexibility index (Phi) is 6.84. The van der Waals surface area contributed by atoms with E-state index in [0.29, 0.717) is 11.3 Å². The van der Waals surface area contributed by atoms with Gasteiger partial charge >= 0.3 is 0 Å². The lowest BCUT2D eigenvalue weighted by Gasteiger charge is -2.18. The van der Waals surface area contributed by atoms with E-state index in [1.807, 2.05) is 0 Å². The van der Waals surface area contributed by atoms with E-state index in [-0.39, 0.29) is 34.0 Å². The standard InChI is InChI=1S/C20H16BrClF3N3O2/c21-14-9-11(3-5-16(14)23)17-10-26-19(27-17)28-18(30)12-2-4-15(22)13(8-12)20(24,25)6-1-7-29/h2-5,8-10,29H,1,6-7H2,(H2,26,27,28,30). The maximum absolute atomic E-state index is 14.3. The van der Waals surface area contributed by atoms with E-state index >= 15 is 0 Å². The molecule has 1 amide bonds. The maximum atomic E-state index is 14.3. The number of aliphatic hydroxyl groups is 1. The first-order chi connectivity index (χ1) is 14.2. The summed E-state index contributed by atoms with van der Waals surface area (Å²) in [5, 5.41) is 11.1. The van der Waals surface area contributed by atoms with Gasteiger partial charge in [-0.3, -0.25) is 10.1 Å². The van der Waals surface area contributed by atoms with Gasteiger partial charge in [0.15, 0.2) is 0 Å². The molecule has 0 saturated carbocycles. The minimum absolute atomic E-state index is 0.0273. The van der Waals surface area contributed by atoms with Gasteiger partial charge in [-0.2, -0.15) is 0 Å². The molecule has 0 aliphatic heterocycles. The van der Waals surface area contributed by atoms with Crippen LogP contribution in [-0.2, 0) is 5.92 Å². The Labute approximate surface area is 183 Å². The summed E-state index contributed by atoms with van der Waals surface area (Å²) in [4.78, 5) is 19.4. The van der Waals surface area contributed by atoms with Gasteiger partial charge in [-0.15, -0.1) is 0 Å². The predicted molar refractivity (Wildman–Crippen MR) is 111 cm³/mol. The SMILES string of the molecule is O=C(Nc1ncc(-c2ccc(F)c(Br)c2)[nH]1)c1ccc(Cl)c(C(F)(F)CCCO)c1. The fraction of sp³-hybridized carbons (Fsp3) is 0.200. The summed E-state index contributed by atoms with van der Waals surface area (Å²) in [5.74, 6) is -4.27. The molecule has 0 aliphatic carbocycles. The number of hydrogen-bond acceptors (Lipinski definition) is 3. The summed E-state index contributed by atoms with van der Waals surface area (Å²) in [5.41, 5.74) is 0.647. The highest BCUT2D eigenvalue weighted by atomic mass is 79.9. The molecule has 0 aliphatic rings. The molecule has 0 radical (unpaired) electrons. The number of nitrogens with one attached hydrogen (secondary N) is 2. The lowest BCUT2D eigenvalue weighted by atomic mass is 10.0. The number of anilines is 1. The van der Waals surface area contributed by atoms with E-state index in [2.05, 4.69) is 31.2 Å². The first-order valence-electron chi connectivity index (χ1n) is 8.82. The smallest absolute Gasteiger partial charge is 0.274 e. The molecule has 5 nitrogen and oxygen atoms in total. The van der Waals surface area contributed by atoms with E-state index < -0.39 is 29.6 Å². The number of carbonyl (C=O) groups excluding carboxylic acids is 1. The van der Waals surface area contributed by atoms with Crippen molar-refractivity contribution in [1.82, 2.24) is 9.97 Å². The quantitative estimate of drug-likeness (QED) is 0.385. The molecular formula is C20H16BrClF3N3O2. The second kappa shape index (κ2) is 9.20. The van der Waals surface area contributed by atoms with Crippen LogP contribution in [0.15, 0.2) is 47.1 Å². The van der Waals surface area contributed by atoms with Gasteiger partial charge in [0.1, 0.15) is 5.82 Å². The first kappa shape index (κ1) is 22.3. The normalized spacial score (nSPS) is 11.5. The number of amides is 1. The van der Waals surface area contributed by atoms with Gasteiger partial charge in [0.2, 0.25) is 5.95 Å². The van der Waals surface area contributed by atoms with Crippen LogP contribution in [0, 0.1) is 5.82 Å². The average molecular weight is 503 g/mol. The molecule has 3 aromatic rings. The molecule has 30 heavy (non-hydrogen) atoms. The van der Waals surface area contributed by atoms with Crippen LogP contribution in [0.2, 0.25) is 5.02 Å². The summed E-state index contributed by atoms with van der Waals surface area (Å²) in [7, 11) is 0. The molecule has 1 heterocycles. The molecule has 0 atom stereocenters. The Bertz CT molecular complexity index is 1080. The molecule has 0 bridgehead atoms. The van der Waals surface area contributed by atoms with Crippen LogP contribution in [0.5, 0.6) is 0 Å². The van der Waals surface area contributed by atoms with Crippen LogP contribution in [0.25, 0.3) is 11.3 Å². The third-order valence-corrected chi connectivity index (χ3v) is 5.25. The predicted octanol–water partition coefficient (Wildman–Crippen LogP) is 5.75. The molecule has 158 valence electrons. The summed E-state index contributed by atoms with van der Waals surface area (Å²) < 4.78 is 42.4. The summed E-state index contributed by atoms with van der Waals surface area (Å²) in [6.45, 7) is -0.376. The second-order valence-electron chi connectivity index (χ2n) is 6.45. The molecule has 0 spiro atoms. The van der Waals surface area contributed by atoms with E-state index in [4.69, 9.17) is 16.7 Å². The van der Waals surface area contributed by atoms with Gasteiger partial charge in [0, 0.05) is 34.7 Å². The highest BCUT2D eigenvalue weighted by Gasteiger charge is 2.33.